The molecule has 0 spiro atoms. The number of carbonyl (C=O) groups excluding carboxylic acids is 2. The number of rotatable bonds is 46. The van der Waals surface area contributed by atoms with Gasteiger partial charge in [-0.15, -0.1) is 0 Å². The van der Waals surface area contributed by atoms with E-state index in [0.717, 1.165) is 96.3 Å². The molecule has 0 aliphatic carbocycles. The van der Waals surface area contributed by atoms with Gasteiger partial charge in [-0.1, -0.05) is 226 Å². The summed E-state index contributed by atoms with van der Waals surface area (Å²) in [5, 5.41) is 23.7. The Morgan fingerprint density at radius 3 is 1.32 bits per heavy atom. The van der Waals surface area contributed by atoms with E-state index in [1.807, 2.05) is 12.2 Å². The second-order valence-electron chi connectivity index (χ2n) is 17.5. The summed E-state index contributed by atoms with van der Waals surface area (Å²) in [7, 11) is 0. The van der Waals surface area contributed by atoms with E-state index >= 15 is 0 Å². The molecule has 0 aliphatic rings. The van der Waals surface area contributed by atoms with Crippen molar-refractivity contribution in [3.63, 3.8) is 0 Å². The van der Waals surface area contributed by atoms with Gasteiger partial charge in [-0.3, -0.25) is 9.59 Å². The first kappa shape index (κ1) is 61.5. The van der Waals surface area contributed by atoms with E-state index in [-0.39, 0.29) is 24.9 Å². The highest BCUT2D eigenvalue weighted by atomic mass is 16.5. The molecular formula is C59H99NO5. The van der Waals surface area contributed by atoms with Crippen LogP contribution in [-0.4, -0.2) is 46.9 Å². The Morgan fingerprint density at radius 1 is 0.477 bits per heavy atom. The molecule has 1 amide bonds. The molecule has 3 atom stereocenters. The molecule has 0 heterocycles. The summed E-state index contributed by atoms with van der Waals surface area (Å²) in [4.78, 5) is 26.1. The zero-order valence-corrected chi connectivity index (χ0v) is 42.1. The molecule has 0 rings (SSSR count). The number of aliphatic hydroxyl groups excluding tert-OH is 2. The third-order valence-electron chi connectivity index (χ3n) is 11.3. The van der Waals surface area contributed by atoms with Crippen LogP contribution in [0.15, 0.2) is 109 Å². The maximum Gasteiger partial charge on any atom is 0.306 e. The van der Waals surface area contributed by atoms with Crippen LogP contribution in [-0.2, 0) is 14.3 Å². The van der Waals surface area contributed by atoms with E-state index in [1.54, 1.807) is 0 Å². The fraction of sp³-hybridized carbons (Fsp3) is 0.661. The number of nitrogens with one attached hydrogen (secondary N) is 1. The van der Waals surface area contributed by atoms with Crippen LogP contribution in [0, 0.1) is 0 Å². The van der Waals surface area contributed by atoms with Crippen LogP contribution in [0.25, 0.3) is 0 Å². The number of aliphatic hydroxyl groups is 2. The third-order valence-corrected chi connectivity index (χ3v) is 11.3. The number of esters is 1. The molecule has 3 N–H and O–H groups in total. The van der Waals surface area contributed by atoms with E-state index < -0.39 is 18.2 Å². The Hall–Kier alpha value is -3.48. The van der Waals surface area contributed by atoms with Gasteiger partial charge in [0.05, 0.1) is 25.2 Å². The molecule has 0 fully saturated rings. The van der Waals surface area contributed by atoms with Gasteiger partial charge in [0.1, 0.15) is 6.10 Å². The van der Waals surface area contributed by atoms with Crippen LogP contribution in [0.1, 0.15) is 226 Å². The number of unbranched alkanes of at least 4 members (excludes halogenated alkanes) is 17. The van der Waals surface area contributed by atoms with Crippen molar-refractivity contribution in [3.8, 4) is 0 Å². The Labute approximate surface area is 400 Å². The molecule has 0 aliphatic heterocycles. The van der Waals surface area contributed by atoms with Crippen molar-refractivity contribution < 1.29 is 24.5 Å². The molecule has 0 aromatic heterocycles. The predicted molar refractivity (Wildman–Crippen MR) is 282 cm³/mol. The van der Waals surface area contributed by atoms with Gasteiger partial charge >= 0.3 is 5.97 Å². The van der Waals surface area contributed by atoms with Crippen molar-refractivity contribution in [2.24, 2.45) is 0 Å². The van der Waals surface area contributed by atoms with Crippen LogP contribution < -0.4 is 5.32 Å². The van der Waals surface area contributed by atoms with Gasteiger partial charge in [-0.25, -0.2) is 0 Å². The molecule has 3 unspecified atom stereocenters. The quantitative estimate of drug-likeness (QED) is 0.0321. The summed E-state index contributed by atoms with van der Waals surface area (Å²) in [5.74, 6) is -0.624. The lowest BCUT2D eigenvalue weighted by Crippen LogP contribution is -2.46. The molecule has 0 radical (unpaired) electrons. The van der Waals surface area contributed by atoms with Gasteiger partial charge in [0.2, 0.25) is 5.91 Å². The predicted octanol–water partition coefficient (Wildman–Crippen LogP) is 16.3. The smallest absolute Gasteiger partial charge is 0.306 e. The van der Waals surface area contributed by atoms with Gasteiger partial charge in [0.25, 0.3) is 0 Å². The molecule has 6 heteroatoms. The minimum atomic E-state index is -0.824. The molecule has 370 valence electrons. The monoisotopic (exact) mass is 902 g/mol. The van der Waals surface area contributed by atoms with Gasteiger partial charge < -0.3 is 20.3 Å². The Morgan fingerprint density at radius 2 is 0.862 bits per heavy atom. The first-order valence-electron chi connectivity index (χ1n) is 26.6. The second kappa shape index (κ2) is 51.5. The lowest BCUT2D eigenvalue weighted by molar-refractivity contribution is -0.150. The number of allylic oxidation sites excluding steroid dienone is 17. The summed E-state index contributed by atoms with van der Waals surface area (Å²) < 4.78 is 5.86. The fourth-order valence-electron chi connectivity index (χ4n) is 7.32. The topological polar surface area (TPSA) is 95.9 Å². The molecule has 0 aromatic carbocycles. The Bertz CT molecular complexity index is 1330. The van der Waals surface area contributed by atoms with Crippen molar-refractivity contribution in [2.45, 2.75) is 244 Å². The normalized spacial score (nSPS) is 14.1. The van der Waals surface area contributed by atoms with Gasteiger partial charge in [-0.05, 0) is 89.9 Å². The molecule has 6 nitrogen and oxygen atoms in total. The number of amides is 1. The maximum atomic E-state index is 13.2. The van der Waals surface area contributed by atoms with Gasteiger partial charge in [0.15, 0.2) is 0 Å². The highest BCUT2D eigenvalue weighted by molar-refractivity contribution is 5.77. The second-order valence-corrected chi connectivity index (χ2v) is 17.5. The average molecular weight is 902 g/mol. The van der Waals surface area contributed by atoms with Crippen LogP contribution in [0.5, 0.6) is 0 Å². The summed E-state index contributed by atoms with van der Waals surface area (Å²) in [6.07, 6.45) is 70.2. The van der Waals surface area contributed by atoms with Crippen molar-refractivity contribution in [1.29, 1.82) is 0 Å². The van der Waals surface area contributed by atoms with Crippen LogP contribution >= 0.6 is 0 Å². The summed E-state index contributed by atoms with van der Waals surface area (Å²) in [6, 6.07) is -0.745. The maximum absolute atomic E-state index is 13.2. The zero-order chi connectivity index (χ0) is 47.4. The lowest BCUT2D eigenvalue weighted by Gasteiger charge is -2.24. The van der Waals surface area contributed by atoms with Crippen LogP contribution in [0.4, 0.5) is 0 Å². The molecule has 65 heavy (non-hydrogen) atoms. The molecule has 0 saturated heterocycles. The van der Waals surface area contributed by atoms with Crippen molar-refractivity contribution in [2.75, 3.05) is 6.61 Å². The zero-order valence-electron chi connectivity index (χ0n) is 42.1. The SMILES string of the molecule is CC/C=C\C/C=C\C/C=C\C/C=C\C/C=C\CC(CC(=O)NC(CO)C(O)CCCCCCCCCCCCCC)OC(=O)CCCCC/C=C\C/C=C\C/C=C\C/C=C\CCCCC. The number of carbonyl (C=O) groups is 2. The van der Waals surface area contributed by atoms with E-state index in [2.05, 4.69) is 123 Å². The van der Waals surface area contributed by atoms with Crippen molar-refractivity contribution in [1.82, 2.24) is 5.32 Å². The molecule has 0 bridgehead atoms. The molecular weight excluding hydrogens is 803 g/mol. The van der Waals surface area contributed by atoms with Gasteiger partial charge in [-0.2, -0.15) is 0 Å². The third kappa shape index (κ3) is 46.8. The minimum absolute atomic E-state index is 0.0199. The van der Waals surface area contributed by atoms with E-state index in [9.17, 15) is 19.8 Å². The number of hydrogen-bond donors (Lipinski definition) is 3. The first-order chi connectivity index (χ1) is 32.0. The van der Waals surface area contributed by atoms with E-state index in [4.69, 9.17) is 4.74 Å². The first-order valence-corrected chi connectivity index (χ1v) is 26.6. The van der Waals surface area contributed by atoms with Gasteiger partial charge in [0, 0.05) is 12.8 Å². The largest absolute Gasteiger partial charge is 0.461 e. The summed E-state index contributed by atoms with van der Waals surface area (Å²) in [5.41, 5.74) is 0. The van der Waals surface area contributed by atoms with Crippen molar-refractivity contribution in [3.05, 3.63) is 109 Å². The number of hydrogen-bond acceptors (Lipinski definition) is 5. The molecule has 0 aromatic rings. The average Bonchev–Trinajstić information content (AvgIpc) is 3.30. The minimum Gasteiger partial charge on any atom is -0.461 e. The van der Waals surface area contributed by atoms with E-state index in [0.29, 0.717) is 19.3 Å². The Kier molecular flexibility index (Phi) is 48.7. The standard InChI is InChI=1S/C59H99NO5/c1-4-7-10-13-16-19-22-25-27-28-29-30-32-34-37-40-43-46-49-52-59(64)65-55(50-47-44-41-38-35-33-31-26-23-20-17-14-11-8-5-2)53-58(63)60-56(54-61)57(62)51-48-45-42-39-36-24-21-18-15-12-9-6-3/h8,11,16-17,19-20,25-27,29-31,34-35,37-38,44,47,55-57,61-62H,4-7,9-10,12-15,18,21-24,28,32-33,36,39-43,45-46,48-54H2,1-3H3,(H,60,63)/b11-8-,19-16-,20-17-,27-25-,30-29-,31-26-,37-34-,38-35-,47-44-. The summed E-state index contributed by atoms with van der Waals surface area (Å²) in [6.45, 7) is 6.29. The highest BCUT2D eigenvalue weighted by Gasteiger charge is 2.23. The molecule has 0 saturated carbocycles. The van der Waals surface area contributed by atoms with Crippen LogP contribution in [0.2, 0.25) is 0 Å². The Balaban J connectivity index is 4.78. The van der Waals surface area contributed by atoms with E-state index in [1.165, 1.54) is 83.5 Å². The highest BCUT2D eigenvalue weighted by Crippen LogP contribution is 2.15. The summed E-state index contributed by atoms with van der Waals surface area (Å²) >= 11 is 0. The lowest BCUT2D eigenvalue weighted by atomic mass is 10.0. The van der Waals surface area contributed by atoms with Crippen molar-refractivity contribution >= 4 is 11.9 Å². The fourth-order valence-corrected chi connectivity index (χ4v) is 7.32. The number of ether oxygens (including phenoxy) is 1. The van der Waals surface area contributed by atoms with Crippen LogP contribution in [0.3, 0.4) is 0 Å².